The second kappa shape index (κ2) is 4.78. The van der Waals surface area contributed by atoms with E-state index in [2.05, 4.69) is 15.3 Å². The topological polar surface area (TPSA) is 54.9 Å². The van der Waals surface area contributed by atoms with Crippen LogP contribution in [0.3, 0.4) is 0 Å². The van der Waals surface area contributed by atoms with Crippen molar-refractivity contribution in [1.82, 2.24) is 9.97 Å². The number of para-hydroxylation sites is 1. The third-order valence-electron chi connectivity index (χ3n) is 2.53. The van der Waals surface area contributed by atoms with E-state index < -0.39 is 0 Å². The van der Waals surface area contributed by atoms with Gasteiger partial charge in [0.05, 0.1) is 5.52 Å². The minimum Gasteiger partial charge on any atom is -0.363 e. The largest absolute Gasteiger partial charge is 0.363 e. The summed E-state index contributed by atoms with van der Waals surface area (Å²) in [6.45, 7) is 7.53. The Morgan fingerprint density at radius 2 is 1.95 bits per heavy atom. The number of benzene rings is 1. The number of carbonyl (C=O) groups excluding carboxylic acids is 1. The van der Waals surface area contributed by atoms with Gasteiger partial charge in [-0.25, -0.2) is 9.97 Å². The normalized spacial score (nSPS) is 11.6. The Kier molecular flexibility index (Phi) is 3.45. The lowest BCUT2D eigenvalue weighted by molar-refractivity contribution is 0.101. The smallest absolute Gasteiger partial charge is 0.172 e. The molecule has 0 aliphatic heterocycles. The predicted molar refractivity (Wildman–Crippen MR) is 77.9 cm³/mol. The molecule has 1 aromatic carbocycles. The molecule has 0 amide bonds. The van der Waals surface area contributed by atoms with Gasteiger partial charge in [-0.05, 0) is 39.8 Å². The lowest BCUT2D eigenvalue weighted by Gasteiger charge is -2.22. The zero-order valence-electron chi connectivity index (χ0n) is 11.4. The van der Waals surface area contributed by atoms with E-state index in [1.807, 2.05) is 20.8 Å². The van der Waals surface area contributed by atoms with E-state index in [-0.39, 0.29) is 11.3 Å². The van der Waals surface area contributed by atoms with Crippen LogP contribution in [-0.4, -0.2) is 21.3 Å². The molecule has 4 nitrogen and oxygen atoms in total. The van der Waals surface area contributed by atoms with E-state index in [1.165, 1.54) is 6.92 Å². The molecule has 0 saturated carbocycles. The van der Waals surface area contributed by atoms with Crippen LogP contribution in [0.15, 0.2) is 18.2 Å². The molecule has 2 aromatic rings. The van der Waals surface area contributed by atoms with Gasteiger partial charge in [0.2, 0.25) is 0 Å². The van der Waals surface area contributed by atoms with Crippen molar-refractivity contribution < 1.29 is 4.79 Å². The Morgan fingerprint density at radius 3 is 2.53 bits per heavy atom. The van der Waals surface area contributed by atoms with Crippen molar-refractivity contribution in [2.24, 2.45) is 0 Å². The van der Waals surface area contributed by atoms with Gasteiger partial charge in [-0.2, -0.15) is 0 Å². The number of carbonyl (C=O) groups is 1. The first-order valence-electron chi connectivity index (χ1n) is 6.03. The SMILES string of the molecule is CC(=O)c1cccc2nc(Cl)c(NC(C)(C)C)nc12. The average Bonchev–Trinajstić information content (AvgIpc) is 2.27. The lowest BCUT2D eigenvalue weighted by Crippen LogP contribution is -2.27. The van der Waals surface area contributed by atoms with Crippen molar-refractivity contribution in [2.75, 3.05) is 5.32 Å². The maximum absolute atomic E-state index is 11.6. The van der Waals surface area contributed by atoms with E-state index in [9.17, 15) is 4.79 Å². The third kappa shape index (κ3) is 3.01. The number of nitrogens with zero attached hydrogens (tertiary/aromatic N) is 2. The molecule has 0 atom stereocenters. The fourth-order valence-electron chi connectivity index (χ4n) is 1.77. The Bertz CT molecular complexity index is 647. The summed E-state index contributed by atoms with van der Waals surface area (Å²) in [7, 11) is 0. The molecule has 0 unspecified atom stereocenters. The number of Topliss-reactive ketones (excluding diaryl/α,β-unsaturated/α-hetero) is 1. The molecule has 1 aromatic heterocycles. The summed E-state index contributed by atoms with van der Waals surface area (Å²) in [5.74, 6) is 0.458. The monoisotopic (exact) mass is 277 g/mol. The first kappa shape index (κ1) is 13.7. The number of anilines is 1. The van der Waals surface area contributed by atoms with Crippen LogP contribution in [0.1, 0.15) is 38.1 Å². The summed E-state index contributed by atoms with van der Waals surface area (Å²) in [6.07, 6.45) is 0. The van der Waals surface area contributed by atoms with Crippen molar-refractivity contribution in [3.63, 3.8) is 0 Å². The maximum atomic E-state index is 11.6. The van der Waals surface area contributed by atoms with Gasteiger partial charge in [-0.15, -0.1) is 0 Å². The molecule has 2 rings (SSSR count). The number of fused-ring (bicyclic) bond motifs is 1. The molecule has 5 heteroatoms. The maximum Gasteiger partial charge on any atom is 0.172 e. The van der Waals surface area contributed by atoms with Crippen molar-refractivity contribution in [2.45, 2.75) is 33.2 Å². The van der Waals surface area contributed by atoms with E-state index in [4.69, 9.17) is 11.6 Å². The zero-order valence-corrected chi connectivity index (χ0v) is 12.2. The number of nitrogens with one attached hydrogen (secondary N) is 1. The van der Waals surface area contributed by atoms with Crippen molar-refractivity contribution >= 4 is 34.2 Å². The summed E-state index contributed by atoms with van der Waals surface area (Å²) < 4.78 is 0. The fraction of sp³-hybridized carbons (Fsp3) is 0.357. The van der Waals surface area contributed by atoms with E-state index >= 15 is 0 Å². The predicted octanol–water partition coefficient (Wildman–Crippen LogP) is 3.70. The lowest BCUT2D eigenvalue weighted by atomic mass is 10.1. The molecular formula is C14H16ClN3O. The first-order chi connectivity index (χ1) is 8.78. The number of hydrogen-bond acceptors (Lipinski definition) is 4. The standard InChI is InChI=1S/C14H16ClN3O/c1-8(19)9-6-5-7-10-11(9)17-13(12(15)16-10)18-14(2,3)4/h5-7H,1-4H3,(H,17,18). The van der Waals surface area contributed by atoms with Gasteiger partial charge in [-0.3, -0.25) is 4.79 Å². The number of halogens is 1. The van der Waals surface area contributed by atoms with Crippen LogP contribution in [0.5, 0.6) is 0 Å². The summed E-state index contributed by atoms with van der Waals surface area (Å²) in [6, 6.07) is 5.32. The summed E-state index contributed by atoms with van der Waals surface area (Å²) in [5, 5.41) is 3.50. The molecule has 19 heavy (non-hydrogen) atoms. The second-order valence-corrected chi connectivity index (χ2v) is 5.83. The zero-order chi connectivity index (χ0) is 14.2. The highest BCUT2D eigenvalue weighted by molar-refractivity contribution is 6.32. The molecule has 0 radical (unpaired) electrons. The van der Waals surface area contributed by atoms with Crippen LogP contribution < -0.4 is 5.32 Å². The van der Waals surface area contributed by atoms with Crippen molar-refractivity contribution in [3.05, 3.63) is 28.9 Å². The quantitative estimate of drug-likeness (QED) is 0.851. The van der Waals surface area contributed by atoms with E-state index in [0.717, 1.165) is 0 Å². The second-order valence-electron chi connectivity index (χ2n) is 5.47. The molecule has 0 spiro atoms. The van der Waals surface area contributed by atoms with Crippen LogP contribution in [0, 0.1) is 0 Å². The summed E-state index contributed by atoms with van der Waals surface area (Å²) >= 11 is 6.12. The van der Waals surface area contributed by atoms with Crippen LogP contribution in [0.2, 0.25) is 5.15 Å². The van der Waals surface area contributed by atoms with Crippen LogP contribution in [0.25, 0.3) is 11.0 Å². The average molecular weight is 278 g/mol. The van der Waals surface area contributed by atoms with Gasteiger partial charge in [0, 0.05) is 11.1 Å². The number of rotatable bonds is 2. The Morgan fingerprint density at radius 1 is 1.26 bits per heavy atom. The van der Waals surface area contributed by atoms with Crippen LogP contribution >= 0.6 is 11.6 Å². The molecular weight excluding hydrogens is 262 g/mol. The Hall–Kier alpha value is -1.68. The number of ketones is 1. The van der Waals surface area contributed by atoms with Gasteiger partial charge in [0.15, 0.2) is 16.8 Å². The number of hydrogen-bond donors (Lipinski definition) is 1. The molecule has 1 heterocycles. The van der Waals surface area contributed by atoms with Crippen LogP contribution in [-0.2, 0) is 0 Å². The first-order valence-corrected chi connectivity index (χ1v) is 6.41. The summed E-state index contributed by atoms with van der Waals surface area (Å²) in [5.41, 5.74) is 1.57. The minimum absolute atomic E-state index is 0.0380. The minimum atomic E-state index is -0.183. The van der Waals surface area contributed by atoms with Gasteiger partial charge in [0.1, 0.15) is 5.52 Å². The molecule has 0 aliphatic carbocycles. The summed E-state index contributed by atoms with van der Waals surface area (Å²) in [4.78, 5) is 20.4. The highest BCUT2D eigenvalue weighted by Gasteiger charge is 2.16. The van der Waals surface area contributed by atoms with Crippen LogP contribution in [0.4, 0.5) is 5.82 Å². The van der Waals surface area contributed by atoms with E-state index in [1.54, 1.807) is 18.2 Å². The molecule has 0 fully saturated rings. The molecule has 0 saturated heterocycles. The Balaban J connectivity index is 2.65. The molecule has 1 N–H and O–H groups in total. The highest BCUT2D eigenvalue weighted by atomic mass is 35.5. The fourth-order valence-corrected chi connectivity index (χ4v) is 1.96. The van der Waals surface area contributed by atoms with Gasteiger partial charge in [0.25, 0.3) is 0 Å². The van der Waals surface area contributed by atoms with Gasteiger partial charge >= 0.3 is 0 Å². The number of aromatic nitrogens is 2. The molecule has 0 aliphatic rings. The highest BCUT2D eigenvalue weighted by Crippen LogP contribution is 2.25. The van der Waals surface area contributed by atoms with E-state index in [0.29, 0.717) is 27.6 Å². The molecule has 0 bridgehead atoms. The van der Waals surface area contributed by atoms with Gasteiger partial charge < -0.3 is 5.32 Å². The van der Waals surface area contributed by atoms with Crippen molar-refractivity contribution in [1.29, 1.82) is 0 Å². The van der Waals surface area contributed by atoms with Gasteiger partial charge in [-0.1, -0.05) is 17.7 Å². The third-order valence-corrected chi connectivity index (χ3v) is 2.79. The molecule has 100 valence electrons. The Labute approximate surface area is 117 Å². The van der Waals surface area contributed by atoms with Crippen molar-refractivity contribution in [3.8, 4) is 0 Å².